The van der Waals surface area contributed by atoms with Crippen molar-refractivity contribution in [2.45, 2.75) is 17.9 Å². The SMILES string of the molecule is C[C@@H]([NH2+]CCS(=O)(=O)c1cc(Cl)ccc1Cl)c1cccc(Cl)c1. The van der Waals surface area contributed by atoms with E-state index in [1.165, 1.54) is 12.1 Å². The summed E-state index contributed by atoms with van der Waals surface area (Å²) in [5.41, 5.74) is 1.05. The Morgan fingerprint density at radius 3 is 2.43 bits per heavy atom. The minimum atomic E-state index is -3.47. The third kappa shape index (κ3) is 5.10. The van der Waals surface area contributed by atoms with Crippen molar-refractivity contribution in [1.82, 2.24) is 0 Å². The fourth-order valence-corrected chi connectivity index (χ4v) is 4.47. The lowest BCUT2D eigenvalue weighted by Gasteiger charge is -2.12. The third-order valence-electron chi connectivity index (χ3n) is 3.51. The van der Waals surface area contributed by atoms with Crippen LogP contribution in [-0.2, 0) is 9.84 Å². The number of sulfone groups is 1. The van der Waals surface area contributed by atoms with Gasteiger partial charge in [-0.3, -0.25) is 0 Å². The molecule has 23 heavy (non-hydrogen) atoms. The van der Waals surface area contributed by atoms with E-state index in [-0.39, 0.29) is 21.7 Å². The number of quaternary nitrogens is 1. The monoisotopic (exact) mass is 392 g/mol. The van der Waals surface area contributed by atoms with E-state index in [1.807, 2.05) is 36.5 Å². The van der Waals surface area contributed by atoms with Crippen LogP contribution >= 0.6 is 34.8 Å². The standard InChI is InChI=1S/C16H16Cl3NO2S/c1-11(12-3-2-4-13(17)9-12)20-7-8-23(21,22)16-10-14(18)5-6-15(16)19/h2-6,9-11,20H,7-8H2,1H3/p+1/t11-/m1/s1. The quantitative estimate of drug-likeness (QED) is 0.812. The van der Waals surface area contributed by atoms with Gasteiger partial charge < -0.3 is 5.32 Å². The summed E-state index contributed by atoms with van der Waals surface area (Å²) in [6, 6.07) is 12.1. The maximum atomic E-state index is 12.4. The number of halogens is 3. The highest BCUT2D eigenvalue weighted by atomic mass is 35.5. The van der Waals surface area contributed by atoms with Crippen LogP contribution in [-0.4, -0.2) is 20.7 Å². The first-order valence-corrected chi connectivity index (χ1v) is 9.85. The molecule has 0 aromatic heterocycles. The van der Waals surface area contributed by atoms with Gasteiger partial charge >= 0.3 is 0 Å². The summed E-state index contributed by atoms with van der Waals surface area (Å²) >= 11 is 17.8. The molecule has 0 aliphatic rings. The molecule has 124 valence electrons. The van der Waals surface area contributed by atoms with Crippen LogP contribution in [0.3, 0.4) is 0 Å². The number of rotatable bonds is 6. The van der Waals surface area contributed by atoms with Crippen molar-refractivity contribution >= 4 is 44.6 Å². The second-order valence-corrected chi connectivity index (χ2v) is 8.62. The Morgan fingerprint density at radius 2 is 1.74 bits per heavy atom. The van der Waals surface area contributed by atoms with Crippen LogP contribution in [0, 0.1) is 0 Å². The fourth-order valence-electron chi connectivity index (χ4n) is 2.22. The van der Waals surface area contributed by atoms with E-state index < -0.39 is 9.84 Å². The van der Waals surface area contributed by atoms with Crippen LogP contribution < -0.4 is 5.32 Å². The first kappa shape index (κ1) is 18.6. The van der Waals surface area contributed by atoms with Crippen LogP contribution in [0.25, 0.3) is 0 Å². The highest BCUT2D eigenvalue weighted by molar-refractivity contribution is 7.91. The molecular weight excluding hydrogens is 377 g/mol. The van der Waals surface area contributed by atoms with E-state index in [0.717, 1.165) is 5.56 Å². The van der Waals surface area contributed by atoms with Gasteiger partial charge in [0.15, 0.2) is 9.84 Å². The lowest BCUT2D eigenvalue weighted by molar-refractivity contribution is -0.689. The van der Waals surface area contributed by atoms with Gasteiger partial charge in [-0.25, -0.2) is 8.42 Å². The molecule has 0 bridgehead atoms. The largest absolute Gasteiger partial charge is 0.339 e. The Balaban J connectivity index is 2.01. The third-order valence-corrected chi connectivity index (χ3v) is 6.20. The molecule has 0 saturated carbocycles. The lowest BCUT2D eigenvalue weighted by atomic mass is 10.1. The molecular formula is C16H17Cl3NO2S+. The van der Waals surface area contributed by atoms with Gasteiger partial charge in [0.05, 0.1) is 16.5 Å². The van der Waals surface area contributed by atoms with Crippen molar-refractivity contribution in [1.29, 1.82) is 0 Å². The topological polar surface area (TPSA) is 50.8 Å². The molecule has 0 aliphatic carbocycles. The Labute approximate surface area is 151 Å². The Morgan fingerprint density at radius 1 is 1.04 bits per heavy atom. The van der Waals surface area contributed by atoms with E-state index in [9.17, 15) is 8.42 Å². The van der Waals surface area contributed by atoms with Crippen molar-refractivity contribution in [2.75, 3.05) is 12.3 Å². The number of nitrogens with two attached hydrogens (primary N) is 1. The Bertz CT molecular complexity index is 794. The molecule has 0 spiro atoms. The van der Waals surface area contributed by atoms with Crippen LogP contribution in [0.1, 0.15) is 18.5 Å². The van der Waals surface area contributed by atoms with Crippen LogP contribution in [0.2, 0.25) is 15.1 Å². The summed E-state index contributed by atoms with van der Waals surface area (Å²) in [5.74, 6) is -0.0159. The van der Waals surface area contributed by atoms with Gasteiger partial charge in [-0.2, -0.15) is 0 Å². The minimum absolute atomic E-state index is 0.0159. The zero-order chi connectivity index (χ0) is 17.0. The first-order chi connectivity index (χ1) is 10.8. The maximum Gasteiger partial charge on any atom is 0.185 e. The first-order valence-electron chi connectivity index (χ1n) is 7.06. The second-order valence-electron chi connectivity index (χ2n) is 5.26. The van der Waals surface area contributed by atoms with Gasteiger partial charge in [0.25, 0.3) is 0 Å². The summed E-state index contributed by atoms with van der Waals surface area (Å²) in [4.78, 5) is 0.0791. The average Bonchev–Trinajstić information content (AvgIpc) is 2.49. The predicted molar refractivity (Wildman–Crippen MR) is 95.2 cm³/mol. The van der Waals surface area contributed by atoms with Crippen molar-refractivity contribution in [3.8, 4) is 0 Å². The van der Waals surface area contributed by atoms with Crippen molar-refractivity contribution in [3.63, 3.8) is 0 Å². The zero-order valence-electron chi connectivity index (χ0n) is 12.5. The highest BCUT2D eigenvalue weighted by Gasteiger charge is 2.20. The summed E-state index contributed by atoms with van der Waals surface area (Å²) in [6.45, 7) is 2.42. The summed E-state index contributed by atoms with van der Waals surface area (Å²) in [6.07, 6.45) is 0. The zero-order valence-corrected chi connectivity index (χ0v) is 15.6. The van der Waals surface area contributed by atoms with Crippen molar-refractivity contribution in [2.24, 2.45) is 0 Å². The van der Waals surface area contributed by atoms with Gasteiger partial charge in [0, 0.05) is 15.6 Å². The molecule has 0 aliphatic heterocycles. The van der Waals surface area contributed by atoms with Gasteiger partial charge in [0.2, 0.25) is 0 Å². The number of hydrogen-bond donors (Lipinski definition) is 1. The van der Waals surface area contributed by atoms with Crippen LogP contribution in [0.4, 0.5) is 0 Å². The molecule has 2 N–H and O–H groups in total. The van der Waals surface area contributed by atoms with Gasteiger partial charge in [-0.1, -0.05) is 46.9 Å². The molecule has 2 aromatic carbocycles. The minimum Gasteiger partial charge on any atom is -0.339 e. The predicted octanol–water partition coefficient (Wildman–Crippen LogP) is 3.75. The maximum absolute atomic E-state index is 12.4. The van der Waals surface area contributed by atoms with Crippen LogP contribution in [0.5, 0.6) is 0 Å². The van der Waals surface area contributed by atoms with E-state index >= 15 is 0 Å². The summed E-state index contributed by atoms with van der Waals surface area (Å²) < 4.78 is 24.8. The summed E-state index contributed by atoms with van der Waals surface area (Å²) in [7, 11) is -3.47. The normalized spacial score (nSPS) is 13.0. The van der Waals surface area contributed by atoms with Gasteiger partial charge in [-0.15, -0.1) is 0 Å². The van der Waals surface area contributed by atoms with E-state index in [2.05, 4.69) is 0 Å². The van der Waals surface area contributed by atoms with Gasteiger partial charge in [0.1, 0.15) is 11.8 Å². The Kier molecular flexibility index (Phi) is 6.34. The molecule has 0 unspecified atom stereocenters. The van der Waals surface area contributed by atoms with Crippen molar-refractivity contribution < 1.29 is 13.7 Å². The molecule has 3 nitrogen and oxygen atoms in total. The number of hydrogen-bond acceptors (Lipinski definition) is 2. The molecule has 0 radical (unpaired) electrons. The smallest absolute Gasteiger partial charge is 0.185 e. The number of benzene rings is 2. The molecule has 1 atom stereocenters. The molecule has 0 heterocycles. The average molecular weight is 394 g/mol. The lowest BCUT2D eigenvalue weighted by Crippen LogP contribution is -2.85. The van der Waals surface area contributed by atoms with E-state index in [1.54, 1.807) is 6.07 Å². The van der Waals surface area contributed by atoms with Crippen molar-refractivity contribution in [3.05, 3.63) is 63.1 Å². The van der Waals surface area contributed by atoms with Crippen LogP contribution in [0.15, 0.2) is 47.4 Å². The summed E-state index contributed by atoms with van der Waals surface area (Å²) in [5, 5.41) is 3.17. The van der Waals surface area contributed by atoms with E-state index in [0.29, 0.717) is 16.6 Å². The molecule has 2 aromatic rings. The molecule has 7 heteroatoms. The molecule has 0 saturated heterocycles. The van der Waals surface area contributed by atoms with E-state index in [4.69, 9.17) is 34.8 Å². The highest BCUT2D eigenvalue weighted by Crippen LogP contribution is 2.25. The second kappa shape index (κ2) is 7.86. The molecule has 0 amide bonds. The molecule has 2 rings (SSSR count). The molecule has 0 fully saturated rings. The Hall–Kier alpha value is -0.780. The van der Waals surface area contributed by atoms with Gasteiger partial charge in [-0.05, 0) is 37.3 Å². The fraction of sp³-hybridized carbons (Fsp3) is 0.250.